The normalized spacial score (nSPS) is 11.3. The summed E-state index contributed by atoms with van der Waals surface area (Å²) < 4.78 is 0. The maximum atomic E-state index is 10.9. The van der Waals surface area contributed by atoms with Crippen LogP contribution in [0.5, 0.6) is 0 Å². The van der Waals surface area contributed by atoms with Gasteiger partial charge in [-0.25, -0.2) is 4.79 Å². The van der Waals surface area contributed by atoms with Crippen molar-refractivity contribution in [2.24, 2.45) is 5.73 Å². The molecule has 0 radical (unpaired) electrons. The summed E-state index contributed by atoms with van der Waals surface area (Å²) in [6, 6.07) is 2.39. The highest BCUT2D eigenvalue weighted by atomic mass is 35.5. The Kier molecular flexibility index (Phi) is 5.92. The first kappa shape index (κ1) is 13.9. The van der Waals surface area contributed by atoms with Gasteiger partial charge in [0.15, 0.2) is 6.04 Å². The predicted octanol–water partition coefficient (Wildman–Crippen LogP) is 0.370. The molecule has 0 aliphatic carbocycles. The molecule has 1 unspecified atom stereocenters. The summed E-state index contributed by atoms with van der Waals surface area (Å²) in [5.74, 6) is -1.57. The highest BCUT2D eigenvalue weighted by molar-refractivity contribution is 7.10. The van der Waals surface area contributed by atoms with Gasteiger partial charge < -0.3 is 16.2 Å². The predicted molar refractivity (Wildman–Crippen MR) is 59.1 cm³/mol. The molecular formula is C8H11ClN2O3S. The zero-order valence-corrected chi connectivity index (χ0v) is 9.31. The molecule has 1 aromatic heterocycles. The van der Waals surface area contributed by atoms with Crippen molar-refractivity contribution in [2.45, 2.75) is 6.04 Å². The Morgan fingerprint density at radius 1 is 1.60 bits per heavy atom. The molecule has 4 N–H and O–H groups in total. The van der Waals surface area contributed by atoms with E-state index in [1.165, 1.54) is 11.3 Å². The van der Waals surface area contributed by atoms with Gasteiger partial charge >= 0.3 is 5.97 Å². The smallest absolute Gasteiger partial charge is 0.331 e. The van der Waals surface area contributed by atoms with Crippen LogP contribution in [-0.4, -0.2) is 23.5 Å². The fraction of sp³-hybridized carbons (Fsp3) is 0.250. The van der Waals surface area contributed by atoms with Gasteiger partial charge in [-0.3, -0.25) is 4.79 Å². The van der Waals surface area contributed by atoms with Gasteiger partial charge in [0, 0.05) is 4.88 Å². The van der Waals surface area contributed by atoms with Crippen LogP contribution in [0.1, 0.15) is 10.9 Å². The summed E-state index contributed by atoms with van der Waals surface area (Å²) in [6.07, 6.45) is 0. The molecule has 1 heterocycles. The minimum absolute atomic E-state index is 0. The Hall–Kier alpha value is -1.11. The van der Waals surface area contributed by atoms with E-state index in [0.717, 1.165) is 0 Å². The molecule has 0 aliphatic rings. The lowest BCUT2D eigenvalue weighted by Crippen LogP contribution is -2.37. The zero-order chi connectivity index (χ0) is 10.6. The van der Waals surface area contributed by atoms with Crippen molar-refractivity contribution in [3.63, 3.8) is 0 Å². The highest BCUT2D eigenvalue weighted by Crippen LogP contribution is 2.18. The first-order valence-electron chi connectivity index (χ1n) is 3.90. The second kappa shape index (κ2) is 6.39. The molecule has 1 rings (SSSR count). The number of hydrogen-bond donors (Lipinski definition) is 3. The molecule has 15 heavy (non-hydrogen) atoms. The lowest BCUT2D eigenvalue weighted by Gasteiger charge is -2.11. The van der Waals surface area contributed by atoms with Crippen molar-refractivity contribution in [1.29, 1.82) is 0 Å². The third-order valence-corrected chi connectivity index (χ3v) is 2.50. The van der Waals surface area contributed by atoms with Crippen LogP contribution in [0.2, 0.25) is 0 Å². The largest absolute Gasteiger partial charge is 0.479 e. The van der Waals surface area contributed by atoms with Gasteiger partial charge in [-0.1, -0.05) is 6.07 Å². The molecule has 1 amide bonds. The summed E-state index contributed by atoms with van der Waals surface area (Å²) in [5, 5.41) is 12.9. The van der Waals surface area contributed by atoms with E-state index in [1.54, 1.807) is 17.5 Å². The quantitative estimate of drug-likeness (QED) is 0.720. The molecule has 7 heteroatoms. The monoisotopic (exact) mass is 250 g/mol. The van der Waals surface area contributed by atoms with Crippen LogP contribution in [-0.2, 0) is 9.59 Å². The van der Waals surface area contributed by atoms with Crippen LogP contribution in [0.3, 0.4) is 0 Å². The topological polar surface area (TPSA) is 92.4 Å². The zero-order valence-electron chi connectivity index (χ0n) is 7.67. The number of thiophene rings is 1. The molecule has 1 atom stereocenters. The fourth-order valence-electron chi connectivity index (χ4n) is 0.930. The number of carboxylic acid groups (broad SMARTS) is 1. The Bertz CT molecular complexity index is 329. The Morgan fingerprint density at radius 2 is 2.27 bits per heavy atom. The molecular weight excluding hydrogens is 240 g/mol. The lowest BCUT2D eigenvalue weighted by molar-refractivity contribution is -0.141. The van der Waals surface area contributed by atoms with Gasteiger partial charge in [-0.15, -0.1) is 23.7 Å². The number of nitrogens with two attached hydrogens (primary N) is 1. The van der Waals surface area contributed by atoms with Crippen LogP contribution in [0.15, 0.2) is 17.5 Å². The minimum atomic E-state index is -1.09. The van der Waals surface area contributed by atoms with E-state index in [0.29, 0.717) is 4.88 Å². The molecule has 0 saturated carbocycles. The van der Waals surface area contributed by atoms with E-state index in [2.05, 4.69) is 5.32 Å². The van der Waals surface area contributed by atoms with Gasteiger partial charge in [0.2, 0.25) is 5.91 Å². The lowest BCUT2D eigenvalue weighted by atomic mass is 10.2. The summed E-state index contributed by atoms with van der Waals surface area (Å²) in [7, 11) is 0. The Balaban J connectivity index is 0.00000196. The van der Waals surface area contributed by atoms with Crippen LogP contribution in [0.4, 0.5) is 0 Å². The van der Waals surface area contributed by atoms with Gasteiger partial charge in [-0.05, 0) is 11.4 Å². The minimum Gasteiger partial charge on any atom is -0.479 e. The first-order chi connectivity index (χ1) is 6.65. The van der Waals surface area contributed by atoms with Gasteiger partial charge in [0.05, 0.1) is 6.54 Å². The summed E-state index contributed by atoms with van der Waals surface area (Å²) in [5.41, 5.74) is 5.07. The Morgan fingerprint density at radius 3 is 2.67 bits per heavy atom. The third kappa shape index (κ3) is 3.86. The van der Waals surface area contributed by atoms with Gasteiger partial charge in [0.1, 0.15) is 0 Å². The first-order valence-corrected chi connectivity index (χ1v) is 4.78. The molecule has 0 spiro atoms. The van der Waals surface area contributed by atoms with E-state index >= 15 is 0 Å². The molecule has 0 fully saturated rings. The van der Waals surface area contributed by atoms with Gasteiger partial charge in [-0.2, -0.15) is 0 Å². The average molecular weight is 251 g/mol. The maximum Gasteiger partial charge on any atom is 0.331 e. The maximum absolute atomic E-state index is 10.9. The van der Waals surface area contributed by atoms with Crippen molar-refractivity contribution in [3.05, 3.63) is 22.4 Å². The number of hydrogen-bond acceptors (Lipinski definition) is 4. The molecule has 84 valence electrons. The van der Waals surface area contributed by atoms with E-state index in [4.69, 9.17) is 10.8 Å². The van der Waals surface area contributed by atoms with Gasteiger partial charge in [0.25, 0.3) is 0 Å². The summed E-state index contributed by atoms with van der Waals surface area (Å²) in [6.45, 7) is -0.213. The number of carboxylic acids is 1. The van der Waals surface area contributed by atoms with Crippen molar-refractivity contribution >= 4 is 35.6 Å². The molecule has 0 saturated heterocycles. The van der Waals surface area contributed by atoms with Crippen LogP contribution < -0.4 is 11.1 Å². The third-order valence-electron chi connectivity index (χ3n) is 1.57. The van der Waals surface area contributed by atoms with Crippen LogP contribution in [0.25, 0.3) is 0 Å². The Labute approximate surface area is 96.7 Å². The van der Waals surface area contributed by atoms with Crippen molar-refractivity contribution in [2.75, 3.05) is 6.54 Å². The van der Waals surface area contributed by atoms with Crippen molar-refractivity contribution in [3.8, 4) is 0 Å². The molecule has 0 bridgehead atoms. The van der Waals surface area contributed by atoms with E-state index < -0.39 is 17.9 Å². The number of carbonyl (C=O) groups excluding carboxylic acids is 1. The molecule has 0 aromatic carbocycles. The van der Waals surface area contributed by atoms with Crippen molar-refractivity contribution < 1.29 is 14.7 Å². The molecule has 1 aromatic rings. The van der Waals surface area contributed by atoms with Crippen LogP contribution >= 0.6 is 23.7 Å². The second-order valence-electron chi connectivity index (χ2n) is 2.56. The van der Waals surface area contributed by atoms with Crippen LogP contribution in [0, 0.1) is 0 Å². The number of amides is 1. The van der Waals surface area contributed by atoms with E-state index in [1.807, 2.05) is 0 Å². The number of rotatable bonds is 4. The molecule has 5 nitrogen and oxygen atoms in total. The number of carbonyl (C=O) groups is 2. The molecule has 0 aliphatic heterocycles. The van der Waals surface area contributed by atoms with E-state index in [9.17, 15) is 9.59 Å². The number of aliphatic carboxylic acids is 1. The number of halogens is 1. The standard InChI is InChI=1S/C8H10N2O3S.ClH/c9-4-6(11)10-7(8(12)13)5-2-1-3-14-5;/h1-3,7H,4,9H2,(H,10,11)(H,12,13);1H. The van der Waals surface area contributed by atoms with Crippen molar-refractivity contribution in [1.82, 2.24) is 5.32 Å². The highest BCUT2D eigenvalue weighted by Gasteiger charge is 2.21. The second-order valence-corrected chi connectivity index (χ2v) is 3.54. The SMILES string of the molecule is Cl.NCC(=O)NC(C(=O)O)c1cccs1. The average Bonchev–Trinajstić information content (AvgIpc) is 2.65. The van der Waals surface area contributed by atoms with E-state index in [-0.39, 0.29) is 19.0 Å². The summed E-state index contributed by atoms with van der Waals surface area (Å²) >= 11 is 1.28. The fourth-order valence-corrected chi connectivity index (χ4v) is 1.70. The summed E-state index contributed by atoms with van der Waals surface area (Å²) in [4.78, 5) is 22.3. The number of nitrogens with one attached hydrogen (secondary N) is 1.